The van der Waals surface area contributed by atoms with Gasteiger partial charge in [0.2, 0.25) is 0 Å². The van der Waals surface area contributed by atoms with Crippen LogP contribution in [-0.4, -0.2) is 29.0 Å². The third-order valence-corrected chi connectivity index (χ3v) is 4.87. The summed E-state index contributed by atoms with van der Waals surface area (Å²) in [6.45, 7) is 1.28. The molecule has 24 heavy (non-hydrogen) atoms. The molecule has 1 fully saturated rings. The molecular weight excluding hydrogens is 324 g/mol. The van der Waals surface area contributed by atoms with Gasteiger partial charge < -0.3 is 15.7 Å². The van der Waals surface area contributed by atoms with Crippen molar-refractivity contribution in [3.63, 3.8) is 0 Å². The van der Waals surface area contributed by atoms with Gasteiger partial charge in [0.25, 0.3) is 5.91 Å². The molecule has 0 aliphatic carbocycles. The van der Waals surface area contributed by atoms with Crippen molar-refractivity contribution >= 4 is 23.2 Å². The zero-order chi connectivity index (χ0) is 17.1. The number of aliphatic hydroxyl groups excluding tert-OH is 1. The van der Waals surface area contributed by atoms with Gasteiger partial charge in [-0.25, -0.2) is 0 Å². The van der Waals surface area contributed by atoms with Gasteiger partial charge in [-0.15, -0.1) is 0 Å². The highest BCUT2D eigenvalue weighted by molar-refractivity contribution is 6.30. The summed E-state index contributed by atoms with van der Waals surface area (Å²) < 4.78 is 0. The Balaban J connectivity index is 1.61. The van der Waals surface area contributed by atoms with E-state index in [0.717, 1.165) is 18.4 Å². The van der Waals surface area contributed by atoms with Crippen LogP contribution >= 0.6 is 11.6 Å². The fraction of sp³-hybridized carbons (Fsp3) is 0.316. The lowest BCUT2D eigenvalue weighted by atomic mass is 9.87. The molecule has 0 spiro atoms. The first-order valence-corrected chi connectivity index (χ1v) is 8.51. The Bertz CT molecular complexity index is 710. The molecule has 3 N–H and O–H groups in total. The lowest BCUT2D eigenvalue weighted by molar-refractivity contribution is 0.0462. The zero-order valence-electron chi connectivity index (χ0n) is 13.4. The number of piperidine rings is 1. The highest BCUT2D eigenvalue weighted by atomic mass is 35.5. The molecule has 0 radical (unpaired) electrons. The molecule has 0 aromatic heterocycles. The minimum Gasteiger partial charge on any atom is -0.399 e. The van der Waals surface area contributed by atoms with Crippen LogP contribution in [0, 0.1) is 5.92 Å². The summed E-state index contributed by atoms with van der Waals surface area (Å²) in [4.78, 5) is 14.4. The Morgan fingerprint density at radius 2 is 1.83 bits per heavy atom. The molecule has 1 atom stereocenters. The second-order valence-corrected chi connectivity index (χ2v) is 6.69. The first-order valence-electron chi connectivity index (χ1n) is 8.13. The van der Waals surface area contributed by atoms with E-state index in [1.54, 1.807) is 36.4 Å². The Morgan fingerprint density at radius 1 is 1.17 bits per heavy atom. The number of rotatable bonds is 3. The van der Waals surface area contributed by atoms with Gasteiger partial charge in [-0.1, -0.05) is 29.8 Å². The van der Waals surface area contributed by atoms with Crippen molar-refractivity contribution in [2.45, 2.75) is 18.9 Å². The largest absolute Gasteiger partial charge is 0.399 e. The normalized spacial score (nSPS) is 16.8. The molecule has 1 aliphatic heterocycles. The molecule has 0 saturated carbocycles. The molecule has 3 rings (SSSR count). The monoisotopic (exact) mass is 344 g/mol. The van der Waals surface area contributed by atoms with E-state index in [1.165, 1.54) is 0 Å². The smallest absolute Gasteiger partial charge is 0.253 e. The quantitative estimate of drug-likeness (QED) is 0.837. The van der Waals surface area contributed by atoms with E-state index >= 15 is 0 Å². The number of nitrogens with two attached hydrogens (primary N) is 1. The van der Waals surface area contributed by atoms with Gasteiger partial charge in [0, 0.05) is 29.4 Å². The van der Waals surface area contributed by atoms with Gasteiger partial charge in [0.05, 0.1) is 6.10 Å². The summed E-state index contributed by atoms with van der Waals surface area (Å²) in [5, 5.41) is 11.2. The summed E-state index contributed by atoms with van der Waals surface area (Å²) in [5.74, 6) is 0.151. The Labute approximate surface area is 146 Å². The minimum atomic E-state index is -0.521. The zero-order valence-corrected chi connectivity index (χ0v) is 14.1. The van der Waals surface area contributed by atoms with Crippen molar-refractivity contribution in [2.75, 3.05) is 18.8 Å². The van der Waals surface area contributed by atoms with Gasteiger partial charge >= 0.3 is 0 Å². The van der Waals surface area contributed by atoms with Crippen molar-refractivity contribution in [1.82, 2.24) is 4.90 Å². The summed E-state index contributed by atoms with van der Waals surface area (Å²) in [6, 6.07) is 14.3. The number of carbonyl (C=O) groups is 1. The van der Waals surface area contributed by atoms with Crippen LogP contribution in [0.4, 0.5) is 5.69 Å². The molecular formula is C19H21ClN2O2. The molecule has 126 valence electrons. The first kappa shape index (κ1) is 16.8. The van der Waals surface area contributed by atoms with E-state index in [2.05, 4.69) is 0 Å². The van der Waals surface area contributed by atoms with Crippen molar-refractivity contribution in [3.05, 3.63) is 64.7 Å². The molecule has 1 saturated heterocycles. The van der Waals surface area contributed by atoms with E-state index in [9.17, 15) is 9.90 Å². The summed E-state index contributed by atoms with van der Waals surface area (Å²) in [7, 11) is 0. The number of nitrogens with zero attached hydrogens (tertiary/aromatic N) is 1. The number of amides is 1. The number of halogens is 1. The molecule has 2 aromatic rings. The van der Waals surface area contributed by atoms with E-state index in [1.807, 2.05) is 17.0 Å². The van der Waals surface area contributed by atoms with Crippen molar-refractivity contribution < 1.29 is 9.90 Å². The molecule has 1 amide bonds. The molecule has 0 bridgehead atoms. The van der Waals surface area contributed by atoms with Crippen LogP contribution in [0.15, 0.2) is 48.5 Å². The average Bonchev–Trinajstić information content (AvgIpc) is 2.61. The van der Waals surface area contributed by atoms with Crippen LogP contribution in [-0.2, 0) is 0 Å². The number of hydrogen-bond donors (Lipinski definition) is 2. The second kappa shape index (κ2) is 7.24. The summed E-state index contributed by atoms with van der Waals surface area (Å²) in [6.07, 6.45) is 1.03. The number of benzene rings is 2. The van der Waals surface area contributed by atoms with Crippen LogP contribution in [0.5, 0.6) is 0 Å². The van der Waals surface area contributed by atoms with Gasteiger partial charge in [0.1, 0.15) is 0 Å². The third-order valence-electron chi connectivity index (χ3n) is 4.62. The topological polar surface area (TPSA) is 66.6 Å². The van der Waals surface area contributed by atoms with Crippen molar-refractivity contribution in [3.8, 4) is 0 Å². The number of aliphatic hydroxyl groups is 1. The van der Waals surface area contributed by atoms with Gasteiger partial charge in [0.15, 0.2) is 0 Å². The third kappa shape index (κ3) is 3.71. The summed E-state index contributed by atoms with van der Waals surface area (Å²) in [5.41, 5.74) is 7.83. The lowest BCUT2D eigenvalue weighted by Gasteiger charge is -2.34. The van der Waals surface area contributed by atoms with Gasteiger partial charge in [-0.3, -0.25) is 4.79 Å². The molecule has 1 aliphatic rings. The van der Waals surface area contributed by atoms with Gasteiger partial charge in [-0.2, -0.15) is 0 Å². The number of likely N-dealkylation sites (tertiary alicyclic amines) is 1. The molecule has 4 nitrogen and oxygen atoms in total. The SMILES string of the molecule is Nc1cccc(C(=O)N2CCC(C(O)c3ccc(Cl)cc3)CC2)c1. The summed E-state index contributed by atoms with van der Waals surface area (Å²) >= 11 is 5.89. The maximum Gasteiger partial charge on any atom is 0.253 e. The highest BCUT2D eigenvalue weighted by Crippen LogP contribution is 2.31. The maximum atomic E-state index is 12.5. The Morgan fingerprint density at radius 3 is 2.46 bits per heavy atom. The fourth-order valence-corrected chi connectivity index (χ4v) is 3.33. The standard InChI is InChI=1S/C19H21ClN2O2/c20-16-6-4-13(5-7-16)18(23)14-8-10-22(11-9-14)19(24)15-2-1-3-17(21)12-15/h1-7,12,14,18,23H,8-11,21H2. The molecule has 1 heterocycles. The molecule has 5 heteroatoms. The van der Waals surface area contributed by atoms with E-state index in [-0.39, 0.29) is 11.8 Å². The van der Waals surface area contributed by atoms with Crippen LogP contribution in [0.3, 0.4) is 0 Å². The Hall–Kier alpha value is -2.04. The second-order valence-electron chi connectivity index (χ2n) is 6.25. The Kier molecular flexibility index (Phi) is 5.07. The predicted octanol–water partition coefficient (Wildman–Crippen LogP) is 3.51. The van der Waals surface area contributed by atoms with Crippen LogP contribution < -0.4 is 5.73 Å². The maximum absolute atomic E-state index is 12.5. The number of hydrogen-bond acceptors (Lipinski definition) is 3. The van der Waals surface area contributed by atoms with Crippen molar-refractivity contribution in [1.29, 1.82) is 0 Å². The van der Waals surface area contributed by atoms with E-state index < -0.39 is 6.10 Å². The molecule has 1 unspecified atom stereocenters. The van der Waals surface area contributed by atoms with Crippen LogP contribution in [0.2, 0.25) is 5.02 Å². The first-order chi connectivity index (χ1) is 11.5. The average molecular weight is 345 g/mol. The molecule has 2 aromatic carbocycles. The highest BCUT2D eigenvalue weighted by Gasteiger charge is 2.28. The number of carbonyl (C=O) groups excluding carboxylic acids is 1. The predicted molar refractivity (Wildman–Crippen MR) is 95.9 cm³/mol. The van der Waals surface area contributed by atoms with E-state index in [4.69, 9.17) is 17.3 Å². The fourth-order valence-electron chi connectivity index (χ4n) is 3.20. The van der Waals surface area contributed by atoms with Crippen LogP contribution in [0.25, 0.3) is 0 Å². The minimum absolute atomic E-state index is 0.00160. The number of anilines is 1. The number of nitrogen functional groups attached to an aromatic ring is 1. The van der Waals surface area contributed by atoms with Gasteiger partial charge in [-0.05, 0) is 54.7 Å². The van der Waals surface area contributed by atoms with E-state index in [0.29, 0.717) is 29.4 Å². The lowest BCUT2D eigenvalue weighted by Crippen LogP contribution is -2.39. The van der Waals surface area contributed by atoms with Crippen LogP contribution in [0.1, 0.15) is 34.9 Å². The van der Waals surface area contributed by atoms with Crippen molar-refractivity contribution in [2.24, 2.45) is 5.92 Å².